The van der Waals surface area contributed by atoms with Crippen LogP contribution < -0.4 is 5.32 Å². The van der Waals surface area contributed by atoms with E-state index in [1.54, 1.807) is 11.1 Å². The summed E-state index contributed by atoms with van der Waals surface area (Å²) in [6.07, 6.45) is 4.77. The van der Waals surface area contributed by atoms with Gasteiger partial charge < -0.3 is 5.32 Å². The summed E-state index contributed by atoms with van der Waals surface area (Å²) in [6.45, 7) is 0. The van der Waals surface area contributed by atoms with E-state index in [0.29, 0.717) is 11.8 Å². The van der Waals surface area contributed by atoms with Crippen LogP contribution in [0.2, 0.25) is 0 Å². The van der Waals surface area contributed by atoms with Gasteiger partial charge in [-0.3, -0.25) is 0 Å². The van der Waals surface area contributed by atoms with Crippen molar-refractivity contribution in [3.8, 4) is 0 Å². The molecule has 1 saturated heterocycles. The highest BCUT2D eigenvalue weighted by Gasteiger charge is 2.53. The molecule has 3 aliphatic carbocycles. The summed E-state index contributed by atoms with van der Waals surface area (Å²) < 4.78 is 0. The molecule has 4 aliphatic rings. The van der Waals surface area contributed by atoms with Crippen molar-refractivity contribution < 1.29 is 0 Å². The first-order chi connectivity index (χ1) is 6.45. The van der Waals surface area contributed by atoms with Gasteiger partial charge >= 0.3 is 0 Å². The van der Waals surface area contributed by atoms with Crippen LogP contribution in [-0.4, -0.2) is 12.1 Å². The highest BCUT2D eigenvalue weighted by atomic mass is 15.2. The standard InChI is InChI=1S/C12H11N/c1-2-4-8-7(3-1)9-5-6-10(8)12-11(9)13-12/h1-6,9-13H/t9-,10+,11+,12-. The molecule has 1 aromatic carbocycles. The van der Waals surface area contributed by atoms with E-state index in [2.05, 4.69) is 41.7 Å². The molecule has 64 valence electrons. The molecule has 1 heteroatoms. The SMILES string of the molecule is C1=C[C@H]2c3ccccc3[C@@H]1[C@@H]1N[C@@H]12. The van der Waals surface area contributed by atoms with Gasteiger partial charge in [0.05, 0.1) is 0 Å². The van der Waals surface area contributed by atoms with Gasteiger partial charge in [0, 0.05) is 23.9 Å². The molecule has 1 aromatic rings. The van der Waals surface area contributed by atoms with Gasteiger partial charge in [0.1, 0.15) is 0 Å². The predicted octanol–water partition coefficient (Wildman–Crippen LogP) is 1.78. The first-order valence-corrected chi connectivity index (χ1v) is 4.98. The van der Waals surface area contributed by atoms with Crippen LogP contribution in [0.15, 0.2) is 36.4 Å². The topological polar surface area (TPSA) is 21.9 Å². The number of nitrogens with one attached hydrogen (secondary N) is 1. The van der Waals surface area contributed by atoms with Gasteiger partial charge in [0.2, 0.25) is 0 Å². The van der Waals surface area contributed by atoms with Crippen molar-refractivity contribution in [1.82, 2.24) is 5.32 Å². The fourth-order valence-electron chi connectivity index (χ4n) is 3.01. The van der Waals surface area contributed by atoms with Crippen LogP contribution in [-0.2, 0) is 0 Å². The summed E-state index contributed by atoms with van der Waals surface area (Å²) in [6, 6.07) is 10.4. The van der Waals surface area contributed by atoms with Crippen molar-refractivity contribution in [3.05, 3.63) is 47.5 Å². The number of hydrogen-bond donors (Lipinski definition) is 1. The van der Waals surface area contributed by atoms with Gasteiger partial charge in [-0.05, 0) is 11.1 Å². The second-order valence-electron chi connectivity index (χ2n) is 4.28. The molecule has 4 atom stereocenters. The molecular weight excluding hydrogens is 158 g/mol. The molecular formula is C12H11N. The Morgan fingerprint density at radius 1 is 0.846 bits per heavy atom. The Balaban J connectivity index is 2.03. The lowest BCUT2D eigenvalue weighted by Gasteiger charge is -2.31. The lowest BCUT2D eigenvalue weighted by atomic mass is 9.72. The van der Waals surface area contributed by atoms with Crippen molar-refractivity contribution in [3.63, 3.8) is 0 Å². The highest BCUT2D eigenvalue weighted by molar-refractivity contribution is 5.51. The van der Waals surface area contributed by atoms with E-state index >= 15 is 0 Å². The molecule has 0 aromatic heterocycles. The maximum atomic E-state index is 3.58. The first kappa shape index (κ1) is 6.39. The van der Waals surface area contributed by atoms with Crippen molar-refractivity contribution in [2.45, 2.75) is 23.9 Å². The molecule has 0 saturated carbocycles. The predicted molar refractivity (Wildman–Crippen MR) is 51.8 cm³/mol. The van der Waals surface area contributed by atoms with Crippen LogP contribution >= 0.6 is 0 Å². The Kier molecular flexibility index (Phi) is 0.922. The van der Waals surface area contributed by atoms with Crippen molar-refractivity contribution in [1.29, 1.82) is 0 Å². The molecule has 0 spiro atoms. The van der Waals surface area contributed by atoms with E-state index < -0.39 is 0 Å². The quantitative estimate of drug-likeness (QED) is 0.464. The van der Waals surface area contributed by atoms with Gasteiger partial charge in [-0.1, -0.05) is 36.4 Å². The zero-order valence-corrected chi connectivity index (χ0v) is 7.27. The lowest BCUT2D eigenvalue weighted by Crippen LogP contribution is -2.24. The smallest absolute Gasteiger partial charge is 0.0337 e. The minimum Gasteiger partial charge on any atom is -0.306 e. The van der Waals surface area contributed by atoms with Crippen LogP contribution in [0, 0.1) is 0 Å². The summed E-state index contributed by atoms with van der Waals surface area (Å²) in [5.74, 6) is 1.32. The Hall–Kier alpha value is -1.08. The normalized spacial score (nSPS) is 42.8. The summed E-state index contributed by atoms with van der Waals surface area (Å²) in [7, 11) is 0. The van der Waals surface area contributed by atoms with E-state index in [1.807, 2.05) is 0 Å². The van der Waals surface area contributed by atoms with Crippen LogP contribution in [0.3, 0.4) is 0 Å². The Morgan fingerprint density at radius 2 is 1.38 bits per heavy atom. The summed E-state index contributed by atoms with van der Waals surface area (Å²) in [5, 5.41) is 3.58. The minimum absolute atomic E-state index is 0.659. The fourth-order valence-corrected chi connectivity index (χ4v) is 3.01. The molecule has 1 heterocycles. The van der Waals surface area contributed by atoms with Gasteiger partial charge in [0.25, 0.3) is 0 Å². The van der Waals surface area contributed by atoms with E-state index in [4.69, 9.17) is 0 Å². The van der Waals surface area contributed by atoms with Gasteiger partial charge in [-0.25, -0.2) is 0 Å². The lowest BCUT2D eigenvalue weighted by molar-refractivity contribution is 0.641. The molecule has 0 radical (unpaired) electrons. The average Bonchev–Trinajstić information content (AvgIpc) is 2.98. The molecule has 0 unspecified atom stereocenters. The molecule has 1 fully saturated rings. The van der Waals surface area contributed by atoms with E-state index in [-0.39, 0.29) is 0 Å². The molecule has 2 bridgehead atoms. The number of rotatable bonds is 0. The van der Waals surface area contributed by atoms with E-state index in [9.17, 15) is 0 Å². The van der Waals surface area contributed by atoms with Crippen LogP contribution in [0.4, 0.5) is 0 Å². The minimum atomic E-state index is 0.659. The zero-order chi connectivity index (χ0) is 8.41. The molecule has 1 N–H and O–H groups in total. The summed E-state index contributed by atoms with van der Waals surface area (Å²) in [5.41, 5.74) is 3.11. The van der Waals surface area contributed by atoms with Crippen LogP contribution in [0.1, 0.15) is 23.0 Å². The molecule has 13 heavy (non-hydrogen) atoms. The zero-order valence-electron chi connectivity index (χ0n) is 7.27. The van der Waals surface area contributed by atoms with Crippen molar-refractivity contribution in [2.24, 2.45) is 0 Å². The van der Waals surface area contributed by atoms with E-state index in [0.717, 1.165) is 12.1 Å². The van der Waals surface area contributed by atoms with E-state index in [1.165, 1.54) is 0 Å². The van der Waals surface area contributed by atoms with Crippen molar-refractivity contribution >= 4 is 0 Å². The maximum Gasteiger partial charge on any atom is 0.0337 e. The second kappa shape index (κ2) is 1.88. The first-order valence-electron chi connectivity index (χ1n) is 4.98. The highest BCUT2D eigenvalue weighted by Crippen LogP contribution is 2.50. The third kappa shape index (κ3) is 0.637. The summed E-state index contributed by atoms with van der Waals surface area (Å²) in [4.78, 5) is 0. The maximum absolute atomic E-state index is 3.58. The van der Waals surface area contributed by atoms with Gasteiger partial charge in [-0.15, -0.1) is 0 Å². The second-order valence-corrected chi connectivity index (χ2v) is 4.28. The average molecular weight is 169 g/mol. The number of benzene rings is 1. The third-order valence-electron chi connectivity index (χ3n) is 3.68. The largest absolute Gasteiger partial charge is 0.306 e. The Morgan fingerprint density at radius 3 is 1.92 bits per heavy atom. The Bertz CT molecular complexity index is 370. The van der Waals surface area contributed by atoms with Gasteiger partial charge in [-0.2, -0.15) is 0 Å². The third-order valence-corrected chi connectivity index (χ3v) is 3.68. The van der Waals surface area contributed by atoms with Gasteiger partial charge in [0.15, 0.2) is 0 Å². The summed E-state index contributed by atoms with van der Waals surface area (Å²) >= 11 is 0. The van der Waals surface area contributed by atoms with Crippen molar-refractivity contribution in [2.75, 3.05) is 0 Å². The Labute approximate surface area is 77.5 Å². The molecule has 1 nitrogen and oxygen atoms in total. The molecule has 1 aliphatic heterocycles. The van der Waals surface area contributed by atoms with Crippen LogP contribution in [0.25, 0.3) is 0 Å². The van der Waals surface area contributed by atoms with Crippen LogP contribution in [0.5, 0.6) is 0 Å². The molecule has 0 amide bonds. The number of hydrogen-bond acceptors (Lipinski definition) is 1. The monoisotopic (exact) mass is 169 g/mol. The molecule has 5 rings (SSSR count). The fraction of sp³-hybridized carbons (Fsp3) is 0.333.